The highest BCUT2D eigenvalue weighted by molar-refractivity contribution is 6.33. The van der Waals surface area contributed by atoms with Crippen LogP contribution in [0.4, 0.5) is 5.95 Å². The third-order valence-corrected chi connectivity index (χ3v) is 5.36. The maximum atomic E-state index is 13.3. The van der Waals surface area contributed by atoms with E-state index in [0.29, 0.717) is 47.4 Å². The van der Waals surface area contributed by atoms with Crippen LogP contribution in [0.2, 0.25) is 5.02 Å². The first kappa shape index (κ1) is 21.9. The summed E-state index contributed by atoms with van der Waals surface area (Å²) in [7, 11) is 1.63. The van der Waals surface area contributed by atoms with Crippen LogP contribution in [-0.2, 0) is 11.3 Å². The van der Waals surface area contributed by atoms with Crippen molar-refractivity contribution in [3.63, 3.8) is 0 Å². The molecule has 1 N–H and O–H groups in total. The Balaban J connectivity index is 1.78. The van der Waals surface area contributed by atoms with E-state index in [1.54, 1.807) is 42.4 Å². The molecule has 4 rings (SSSR count). The van der Waals surface area contributed by atoms with Gasteiger partial charge in [0.15, 0.2) is 0 Å². The number of nitrogens with one attached hydrogen (secondary N) is 1. The van der Waals surface area contributed by atoms with Crippen molar-refractivity contribution < 1.29 is 4.74 Å². The van der Waals surface area contributed by atoms with Gasteiger partial charge in [-0.15, -0.1) is 0 Å². The van der Waals surface area contributed by atoms with Gasteiger partial charge in [-0.25, -0.2) is 9.97 Å². The number of anilines is 1. The lowest BCUT2D eigenvalue weighted by Crippen LogP contribution is -2.23. The molecular formula is C23H23ClN6O2. The van der Waals surface area contributed by atoms with Gasteiger partial charge in [-0.2, -0.15) is 4.98 Å². The molecule has 0 atom stereocenters. The highest BCUT2D eigenvalue weighted by Gasteiger charge is 2.15. The summed E-state index contributed by atoms with van der Waals surface area (Å²) in [5.41, 5.74) is 3.93. The third-order valence-electron chi connectivity index (χ3n) is 5.04. The molecular weight excluding hydrogens is 428 g/mol. The number of aromatic nitrogens is 5. The van der Waals surface area contributed by atoms with E-state index >= 15 is 0 Å². The molecule has 0 radical (unpaired) electrons. The quantitative estimate of drug-likeness (QED) is 0.426. The molecule has 0 spiro atoms. The van der Waals surface area contributed by atoms with Crippen molar-refractivity contribution in [1.82, 2.24) is 24.5 Å². The number of methoxy groups -OCH3 is 1. The molecule has 0 saturated carbocycles. The van der Waals surface area contributed by atoms with E-state index in [0.717, 1.165) is 22.3 Å². The number of pyridine rings is 1. The number of benzene rings is 1. The smallest absolute Gasteiger partial charge is 0.260 e. The van der Waals surface area contributed by atoms with E-state index in [1.807, 2.05) is 26.0 Å². The van der Waals surface area contributed by atoms with Crippen LogP contribution in [0.1, 0.15) is 12.6 Å². The monoisotopic (exact) mass is 450 g/mol. The fourth-order valence-electron chi connectivity index (χ4n) is 3.49. The molecule has 0 aliphatic carbocycles. The molecule has 8 nitrogen and oxygen atoms in total. The zero-order valence-corrected chi connectivity index (χ0v) is 18.8. The van der Waals surface area contributed by atoms with Gasteiger partial charge in [0.1, 0.15) is 5.65 Å². The molecule has 0 amide bonds. The van der Waals surface area contributed by atoms with E-state index in [4.69, 9.17) is 16.3 Å². The Kier molecular flexibility index (Phi) is 6.43. The van der Waals surface area contributed by atoms with Crippen molar-refractivity contribution in [2.45, 2.75) is 20.4 Å². The van der Waals surface area contributed by atoms with Crippen LogP contribution in [0.3, 0.4) is 0 Å². The summed E-state index contributed by atoms with van der Waals surface area (Å²) in [6, 6.07) is 7.32. The number of hydrogen-bond acceptors (Lipinski definition) is 7. The van der Waals surface area contributed by atoms with E-state index in [2.05, 4.69) is 25.3 Å². The fraction of sp³-hybridized carbons (Fsp3) is 0.261. The predicted molar refractivity (Wildman–Crippen MR) is 126 cm³/mol. The Labute approximate surface area is 190 Å². The maximum absolute atomic E-state index is 13.3. The second-order valence-corrected chi connectivity index (χ2v) is 7.65. The molecule has 1 aromatic carbocycles. The van der Waals surface area contributed by atoms with Crippen LogP contribution < -0.4 is 10.9 Å². The molecule has 0 bridgehead atoms. The lowest BCUT2D eigenvalue weighted by Gasteiger charge is -2.13. The molecule has 0 aliphatic rings. The summed E-state index contributed by atoms with van der Waals surface area (Å²) in [5.74, 6) is 0.450. The van der Waals surface area contributed by atoms with Crippen molar-refractivity contribution in [1.29, 1.82) is 0 Å². The van der Waals surface area contributed by atoms with Crippen LogP contribution in [0.5, 0.6) is 0 Å². The Hall–Kier alpha value is -3.36. The summed E-state index contributed by atoms with van der Waals surface area (Å²) in [6.45, 7) is 5.36. The van der Waals surface area contributed by atoms with Gasteiger partial charge in [0, 0.05) is 59.7 Å². The van der Waals surface area contributed by atoms with E-state index in [9.17, 15) is 4.79 Å². The SMILES string of the molecule is CCn1c(=O)c(-c2ccc(-c3cncc(C)n3)cc2Cl)cc2cnc(NCCOC)nc21. The average molecular weight is 451 g/mol. The third kappa shape index (κ3) is 4.32. The van der Waals surface area contributed by atoms with E-state index in [-0.39, 0.29) is 5.56 Å². The van der Waals surface area contributed by atoms with E-state index < -0.39 is 0 Å². The molecule has 9 heteroatoms. The minimum absolute atomic E-state index is 0.161. The normalized spacial score (nSPS) is 11.1. The highest BCUT2D eigenvalue weighted by atomic mass is 35.5. The first-order chi connectivity index (χ1) is 15.5. The topological polar surface area (TPSA) is 94.8 Å². The zero-order chi connectivity index (χ0) is 22.7. The van der Waals surface area contributed by atoms with Crippen molar-refractivity contribution in [3.05, 3.63) is 63.9 Å². The Morgan fingerprint density at radius 2 is 1.97 bits per heavy atom. The Bertz CT molecular complexity index is 1340. The van der Waals surface area contributed by atoms with Crippen LogP contribution in [0.25, 0.3) is 33.4 Å². The first-order valence-electron chi connectivity index (χ1n) is 10.2. The average Bonchev–Trinajstić information content (AvgIpc) is 2.79. The molecule has 164 valence electrons. The number of ether oxygens (including phenoxy) is 1. The van der Waals surface area contributed by atoms with Gasteiger partial charge < -0.3 is 10.1 Å². The number of aryl methyl sites for hydroxylation is 2. The zero-order valence-electron chi connectivity index (χ0n) is 18.1. The fourth-order valence-corrected chi connectivity index (χ4v) is 3.77. The molecule has 0 unspecified atom stereocenters. The number of rotatable bonds is 7. The van der Waals surface area contributed by atoms with Gasteiger partial charge >= 0.3 is 0 Å². The molecule has 32 heavy (non-hydrogen) atoms. The van der Waals surface area contributed by atoms with E-state index in [1.165, 1.54) is 0 Å². The van der Waals surface area contributed by atoms with Crippen LogP contribution >= 0.6 is 11.6 Å². The first-order valence-corrected chi connectivity index (χ1v) is 10.6. The number of halogens is 1. The lowest BCUT2D eigenvalue weighted by atomic mass is 10.0. The predicted octanol–water partition coefficient (Wildman–Crippen LogP) is 3.96. The highest BCUT2D eigenvalue weighted by Crippen LogP contribution is 2.31. The number of nitrogens with zero attached hydrogens (tertiary/aromatic N) is 5. The minimum Gasteiger partial charge on any atom is -0.383 e. The van der Waals surface area contributed by atoms with Crippen LogP contribution in [0.15, 0.2) is 47.7 Å². The van der Waals surface area contributed by atoms with Crippen LogP contribution in [-0.4, -0.2) is 44.8 Å². The van der Waals surface area contributed by atoms with Gasteiger partial charge in [-0.05, 0) is 26.0 Å². The maximum Gasteiger partial charge on any atom is 0.260 e. The molecule has 0 saturated heterocycles. The minimum atomic E-state index is -0.161. The summed E-state index contributed by atoms with van der Waals surface area (Å²) in [4.78, 5) is 30.9. The Morgan fingerprint density at radius 1 is 1.12 bits per heavy atom. The van der Waals surface area contributed by atoms with Gasteiger partial charge in [-0.1, -0.05) is 23.7 Å². The van der Waals surface area contributed by atoms with Crippen molar-refractivity contribution >= 4 is 28.6 Å². The van der Waals surface area contributed by atoms with Crippen molar-refractivity contribution in [2.75, 3.05) is 25.6 Å². The molecule has 3 heterocycles. The van der Waals surface area contributed by atoms with Crippen molar-refractivity contribution in [3.8, 4) is 22.4 Å². The van der Waals surface area contributed by atoms with Crippen molar-refractivity contribution in [2.24, 2.45) is 0 Å². The lowest BCUT2D eigenvalue weighted by molar-refractivity contribution is 0.210. The molecule has 0 fully saturated rings. The molecule has 0 aliphatic heterocycles. The second-order valence-electron chi connectivity index (χ2n) is 7.24. The molecule has 3 aromatic heterocycles. The summed E-state index contributed by atoms with van der Waals surface area (Å²) in [6.07, 6.45) is 5.09. The van der Waals surface area contributed by atoms with Gasteiger partial charge in [-0.3, -0.25) is 14.3 Å². The number of hydrogen-bond donors (Lipinski definition) is 1. The largest absolute Gasteiger partial charge is 0.383 e. The van der Waals surface area contributed by atoms with Gasteiger partial charge in [0.2, 0.25) is 5.95 Å². The standard InChI is InChI=1S/C23H23ClN6O2/c1-4-30-21-16(12-27-23(29-21)26-7-8-32-3)9-18(22(30)31)17-6-5-15(10-19(17)24)20-13-25-11-14(2)28-20/h5-6,9-13H,4,7-8H2,1-3H3,(H,26,27,29). The Morgan fingerprint density at radius 3 is 2.69 bits per heavy atom. The van der Waals surface area contributed by atoms with Crippen LogP contribution in [0, 0.1) is 6.92 Å². The summed E-state index contributed by atoms with van der Waals surface area (Å²) >= 11 is 6.62. The van der Waals surface area contributed by atoms with Gasteiger partial charge in [0.25, 0.3) is 5.56 Å². The van der Waals surface area contributed by atoms with Gasteiger partial charge in [0.05, 0.1) is 24.2 Å². The molecule has 4 aromatic rings. The number of fused-ring (bicyclic) bond motifs is 1. The summed E-state index contributed by atoms with van der Waals surface area (Å²) in [5, 5.41) is 4.31. The summed E-state index contributed by atoms with van der Waals surface area (Å²) < 4.78 is 6.67. The second kappa shape index (κ2) is 9.42.